The van der Waals surface area contributed by atoms with Crippen molar-refractivity contribution in [1.82, 2.24) is 34.9 Å². The van der Waals surface area contributed by atoms with E-state index < -0.39 is 5.95 Å². The maximum absolute atomic E-state index is 13.3. The number of imidazole rings is 1. The molecular formula is C24H25FN8. The molecule has 3 fully saturated rings. The average Bonchev–Trinajstić information content (AvgIpc) is 3.26. The molecule has 7 rings (SSSR count). The number of nitrogens with two attached hydrogens (primary N) is 1. The number of pyridine rings is 1. The second-order valence-electron chi connectivity index (χ2n) is 9.68. The first-order chi connectivity index (χ1) is 16.1. The molecule has 1 saturated carbocycles. The van der Waals surface area contributed by atoms with Crippen LogP contribution < -0.4 is 11.1 Å². The summed E-state index contributed by atoms with van der Waals surface area (Å²) in [6.07, 6.45) is 11.8. The van der Waals surface area contributed by atoms with E-state index >= 15 is 0 Å². The molecule has 6 heterocycles. The molecule has 8 nitrogen and oxygen atoms in total. The number of nitrogen functional groups attached to an aromatic ring is 1. The fraction of sp³-hybridized carbons (Fsp3) is 0.417. The molecule has 1 aliphatic carbocycles. The third-order valence-corrected chi connectivity index (χ3v) is 7.46. The van der Waals surface area contributed by atoms with Crippen molar-refractivity contribution in [2.75, 3.05) is 5.73 Å². The van der Waals surface area contributed by atoms with Gasteiger partial charge in [0.1, 0.15) is 11.5 Å². The molecule has 0 spiro atoms. The van der Waals surface area contributed by atoms with E-state index in [1.807, 2.05) is 18.3 Å². The maximum atomic E-state index is 13.3. The van der Waals surface area contributed by atoms with E-state index in [4.69, 9.17) is 10.7 Å². The lowest BCUT2D eigenvalue weighted by molar-refractivity contribution is 0.357. The summed E-state index contributed by atoms with van der Waals surface area (Å²) in [6, 6.07) is 4.95. The second kappa shape index (κ2) is 7.08. The SMILES string of the molecule is Nc1c(C2CC2)c(C2C[C@H]3CC[C@@H](C2)N3)nc2c(-c3ccc(-c4ncc(F)[nH]4)nc3)cnn12. The quantitative estimate of drug-likeness (QED) is 0.442. The molecule has 2 aliphatic heterocycles. The number of piperidine rings is 1. The highest BCUT2D eigenvalue weighted by Crippen LogP contribution is 2.48. The van der Waals surface area contributed by atoms with Gasteiger partial charge in [-0.1, -0.05) is 6.07 Å². The monoisotopic (exact) mass is 444 g/mol. The Kier molecular flexibility index (Phi) is 4.11. The molecular weight excluding hydrogens is 419 g/mol. The lowest BCUT2D eigenvalue weighted by Gasteiger charge is -2.30. The zero-order chi connectivity index (χ0) is 22.1. The van der Waals surface area contributed by atoms with Crippen LogP contribution in [0.5, 0.6) is 0 Å². The van der Waals surface area contributed by atoms with Gasteiger partial charge in [0.25, 0.3) is 0 Å². The molecule has 4 aromatic heterocycles. The number of hydrogen-bond acceptors (Lipinski definition) is 6. The van der Waals surface area contributed by atoms with Crippen LogP contribution in [-0.2, 0) is 0 Å². The van der Waals surface area contributed by atoms with Crippen LogP contribution in [0.15, 0.2) is 30.7 Å². The third-order valence-electron chi connectivity index (χ3n) is 7.46. The fourth-order valence-corrected chi connectivity index (χ4v) is 5.75. The number of nitrogens with zero attached hydrogens (tertiary/aromatic N) is 5. The van der Waals surface area contributed by atoms with E-state index in [-0.39, 0.29) is 0 Å². The van der Waals surface area contributed by atoms with Gasteiger partial charge in [-0.05, 0) is 50.5 Å². The molecule has 4 aromatic rings. The third kappa shape index (κ3) is 3.13. The van der Waals surface area contributed by atoms with Gasteiger partial charge in [0.2, 0.25) is 5.95 Å². The zero-order valence-electron chi connectivity index (χ0n) is 18.1. The van der Waals surface area contributed by atoms with Crippen molar-refractivity contribution in [3.05, 3.63) is 47.9 Å². The summed E-state index contributed by atoms with van der Waals surface area (Å²) in [5.74, 6) is 1.59. The molecule has 9 heteroatoms. The Labute approximate surface area is 189 Å². The van der Waals surface area contributed by atoms with Crippen LogP contribution in [0, 0.1) is 5.95 Å². The Morgan fingerprint density at radius 2 is 1.79 bits per heavy atom. The lowest BCUT2D eigenvalue weighted by atomic mass is 9.86. The van der Waals surface area contributed by atoms with Gasteiger partial charge in [0.15, 0.2) is 11.5 Å². The molecule has 0 radical (unpaired) electrons. The Hall–Kier alpha value is -3.33. The van der Waals surface area contributed by atoms with Crippen molar-refractivity contribution in [2.45, 2.75) is 62.4 Å². The molecule has 4 N–H and O–H groups in total. The Bertz CT molecular complexity index is 1340. The number of anilines is 1. The first-order valence-electron chi connectivity index (χ1n) is 11.7. The summed E-state index contributed by atoms with van der Waals surface area (Å²) >= 11 is 0. The van der Waals surface area contributed by atoms with Crippen molar-refractivity contribution >= 4 is 11.5 Å². The predicted molar refractivity (Wildman–Crippen MR) is 122 cm³/mol. The summed E-state index contributed by atoms with van der Waals surface area (Å²) < 4.78 is 15.1. The van der Waals surface area contributed by atoms with Crippen LogP contribution in [0.25, 0.3) is 28.3 Å². The summed E-state index contributed by atoms with van der Waals surface area (Å²) in [6.45, 7) is 0. The van der Waals surface area contributed by atoms with Crippen LogP contribution >= 0.6 is 0 Å². The number of nitrogens with one attached hydrogen (secondary N) is 2. The van der Waals surface area contributed by atoms with Crippen LogP contribution in [0.2, 0.25) is 0 Å². The summed E-state index contributed by atoms with van der Waals surface area (Å²) in [4.78, 5) is 16.3. The number of rotatable bonds is 4. The van der Waals surface area contributed by atoms with Gasteiger partial charge < -0.3 is 16.0 Å². The molecule has 168 valence electrons. The van der Waals surface area contributed by atoms with Crippen LogP contribution in [0.1, 0.15) is 61.6 Å². The minimum atomic E-state index is -0.483. The smallest absolute Gasteiger partial charge is 0.211 e. The first kappa shape index (κ1) is 19.2. The predicted octanol–water partition coefficient (Wildman–Crippen LogP) is 3.78. The standard InChI is InChI=1S/C24H25FN8/c25-19-11-28-23(31-19)18-6-3-13(9-27-18)17-10-29-33-22(26)20(12-1-2-12)21(32-24(17)33)14-7-15-4-5-16(8-14)30-15/h3,6,9-12,14-16,30H,1-2,4-5,7-8,26H2,(H,28,31)/t14?,15-,16+. The second-order valence-corrected chi connectivity index (χ2v) is 9.68. The highest BCUT2D eigenvalue weighted by molar-refractivity contribution is 5.79. The molecule has 1 unspecified atom stereocenters. The van der Waals surface area contributed by atoms with Gasteiger partial charge in [-0.15, -0.1) is 0 Å². The number of fused-ring (bicyclic) bond motifs is 3. The highest BCUT2D eigenvalue weighted by Gasteiger charge is 2.39. The normalized spacial score (nSPS) is 24.6. The number of halogens is 1. The van der Waals surface area contributed by atoms with E-state index in [0.29, 0.717) is 35.4 Å². The van der Waals surface area contributed by atoms with E-state index in [2.05, 4.69) is 25.4 Å². The van der Waals surface area contributed by atoms with E-state index in [0.717, 1.165) is 41.6 Å². The molecule has 3 atom stereocenters. The average molecular weight is 445 g/mol. The Morgan fingerprint density at radius 3 is 2.45 bits per heavy atom. The largest absolute Gasteiger partial charge is 0.383 e. The minimum Gasteiger partial charge on any atom is -0.383 e. The summed E-state index contributed by atoms with van der Waals surface area (Å²) in [5.41, 5.74) is 12.3. The lowest BCUT2D eigenvalue weighted by Crippen LogP contribution is -2.37. The van der Waals surface area contributed by atoms with E-state index in [9.17, 15) is 4.39 Å². The van der Waals surface area contributed by atoms with Gasteiger partial charge >= 0.3 is 0 Å². The molecule has 2 saturated heterocycles. The molecule has 0 amide bonds. The van der Waals surface area contributed by atoms with Crippen molar-refractivity contribution in [3.63, 3.8) is 0 Å². The van der Waals surface area contributed by atoms with Gasteiger partial charge in [0.05, 0.1) is 18.1 Å². The van der Waals surface area contributed by atoms with Crippen molar-refractivity contribution < 1.29 is 4.39 Å². The van der Waals surface area contributed by atoms with Gasteiger partial charge in [-0.2, -0.15) is 14.0 Å². The van der Waals surface area contributed by atoms with Crippen molar-refractivity contribution in [3.8, 4) is 22.6 Å². The van der Waals surface area contributed by atoms with Gasteiger partial charge in [0, 0.05) is 40.9 Å². The minimum absolute atomic E-state index is 0.401. The molecule has 0 aromatic carbocycles. The Morgan fingerprint density at radius 1 is 0.970 bits per heavy atom. The fourth-order valence-electron chi connectivity index (χ4n) is 5.75. The topological polar surface area (TPSA) is 110 Å². The van der Waals surface area contributed by atoms with Crippen LogP contribution in [0.4, 0.5) is 10.2 Å². The van der Waals surface area contributed by atoms with E-state index in [1.54, 1.807) is 10.7 Å². The number of aromatic nitrogens is 6. The van der Waals surface area contributed by atoms with Gasteiger partial charge in [-0.3, -0.25) is 4.98 Å². The Balaban J connectivity index is 1.32. The first-order valence-corrected chi connectivity index (χ1v) is 11.7. The molecule has 3 aliphatic rings. The number of H-pyrrole nitrogens is 1. The highest BCUT2D eigenvalue weighted by atomic mass is 19.1. The van der Waals surface area contributed by atoms with Gasteiger partial charge in [-0.25, -0.2) is 9.97 Å². The number of aromatic amines is 1. The van der Waals surface area contributed by atoms with Crippen LogP contribution in [0.3, 0.4) is 0 Å². The molecule has 2 bridgehead atoms. The molecule has 33 heavy (non-hydrogen) atoms. The summed E-state index contributed by atoms with van der Waals surface area (Å²) in [5, 5.41) is 8.34. The number of hydrogen-bond donors (Lipinski definition) is 3. The summed E-state index contributed by atoms with van der Waals surface area (Å²) in [7, 11) is 0. The van der Waals surface area contributed by atoms with E-state index in [1.165, 1.54) is 36.9 Å². The maximum Gasteiger partial charge on any atom is 0.211 e. The van der Waals surface area contributed by atoms with Crippen molar-refractivity contribution in [1.29, 1.82) is 0 Å². The van der Waals surface area contributed by atoms with Crippen LogP contribution in [-0.4, -0.2) is 41.6 Å². The van der Waals surface area contributed by atoms with Crippen molar-refractivity contribution in [2.24, 2.45) is 0 Å². The zero-order valence-corrected chi connectivity index (χ0v) is 18.1.